The van der Waals surface area contributed by atoms with Crippen molar-refractivity contribution in [1.82, 2.24) is 0 Å². The number of aliphatic imine (C=N–C) groups is 1. The first-order valence-electron chi connectivity index (χ1n) is 9.21. The van der Waals surface area contributed by atoms with Gasteiger partial charge in [0, 0.05) is 18.3 Å². The Bertz CT molecular complexity index is 1040. The van der Waals surface area contributed by atoms with E-state index in [1.54, 1.807) is 32.4 Å². The first kappa shape index (κ1) is 21.0. The van der Waals surface area contributed by atoms with Crippen molar-refractivity contribution in [2.75, 3.05) is 14.2 Å². The van der Waals surface area contributed by atoms with Gasteiger partial charge in [0.15, 0.2) is 11.5 Å². The van der Waals surface area contributed by atoms with E-state index in [9.17, 15) is 5.11 Å². The molecule has 0 aliphatic carbocycles. The fourth-order valence-electron chi connectivity index (χ4n) is 3.17. The molecule has 1 N–H and O–H groups in total. The van der Waals surface area contributed by atoms with Gasteiger partial charge in [-0.15, -0.1) is 0 Å². The highest BCUT2D eigenvalue weighted by Gasteiger charge is 2.14. The van der Waals surface area contributed by atoms with Crippen LogP contribution in [0.15, 0.2) is 66.8 Å². The Balaban J connectivity index is 0.00000136. The van der Waals surface area contributed by atoms with E-state index in [0.717, 1.165) is 32.8 Å². The molecule has 0 bridgehead atoms. The van der Waals surface area contributed by atoms with Gasteiger partial charge in [0.1, 0.15) is 5.75 Å². The Kier molecular flexibility index (Phi) is 7.21. The largest absolute Gasteiger partial charge is 0.508 e. The molecular formula is C24H27NO3. The van der Waals surface area contributed by atoms with Gasteiger partial charge in [0.05, 0.1) is 14.2 Å². The van der Waals surface area contributed by atoms with Crippen molar-refractivity contribution < 1.29 is 14.6 Å². The molecule has 146 valence electrons. The van der Waals surface area contributed by atoms with Crippen LogP contribution in [-0.4, -0.2) is 25.0 Å². The van der Waals surface area contributed by atoms with Crippen LogP contribution >= 0.6 is 0 Å². The Morgan fingerprint density at radius 1 is 0.964 bits per heavy atom. The van der Waals surface area contributed by atoms with E-state index in [4.69, 9.17) is 9.47 Å². The molecule has 0 atom stereocenters. The van der Waals surface area contributed by atoms with Gasteiger partial charge in [0.25, 0.3) is 0 Å². The fourth-order valence-corrected chi connectivity index (χ4v) is 3.17. The van der Waals surface area contributed by atoms with Gasteiger partial charge in [-0.25, -0.2) is 0 Å². The molecule has 0 saturated carbocycles. The molecule has 3 aromatic carbocycles. The van der Waals surface area contributed by atoms with Crippen LogP contribution in [0.1, 0.15) is 19.4 Å². The van der Waals surface area contributed by atoms with E-state index in [-0.39, 0.29) is 5.75 Å². The van der Waals surface area contributed by atoms with E-state index in [1.807, 2.05) is 32.0 Å². The topological polar surface area (TPSA) is 51.1 Å². The van der Waals surface area contributed by atoms with E-state index in [1.165, 1.54) is 6.20 Å². The van der Waals surface area contributed by atoms with Crippen molar-refractivity contribution in [2.24, 2.45) is 4.99 Å². The minimum Gasteiger partial charge on any atom is -0.508 e. The number of aromatic hydroxyl groups is 1. The Morgan fingerprint density at radius 2 is 1.61 bits per heavy atom. The lowest BCUT2D eigenvalue weighted by atomic mass is 9.93. The molecule has 0 unspecified atom stereocenters. The molecule has 0 heterocycles. The van der Waals surface area contributed by atoms with Gasteiger partial charge < -0.3 is 14.6 Å². The molecule has 0 aromatic heterocycles. The van der Waals surface area contributed by atoms with Gasteiger partial charge in [-0.1, -0.05) is 39.1 Å². The number of hydrogen-bond donors (Lipinski definition) is 1. The monoisotopic (exact) mass is 377 g/mol. The van der Waals surface area contributed by atoms with Gasteiger partial charge in [-0.2, -0.15) is 0 Å². The van der Waals surface area contributed by atoms with Gasteiger partial charge in [0.2, 0.25) is 0 Å². The summed E-state index contributed by atoms with van der Waals surface area (Å²) in [4.78, 5) is 4.28. The minimum atomic E-state index is 0.223. The van der Waals surface area contributed by atoms with Crippen molar-refractivity contribution in [2.45, 2.75) is 20.3 Å². The Morgan fingerprint density at radius 3 is 2.18 bits per heavy atom. The zero-order valence-electron chi connectivity index (χ0n) is 17.0. The maximum absolute atomic E-state index is 9.94. The molecule has 0 saturated heterocycles. The predicted octanol–water partition coefficient (Wildman–Crippen LogP) is 6.06. The predicted molar refractivity (Wildman–Crippen MR) is 119 cm³/mol. The average Bonchev–Trinajstić information content (AvgIpc) is 2.74. The molecule has 4 nitrogen and oxygen atoms in total. The van der Waals surface area contributed by atoms with Gasteiger partial charge in [-0.3, -0.25) is 4.99 Å². The summed E-state index contributed by atoms with van der Waals surface area (Å²) >= 11 is 0. The summed E-state index contributed by atoms with van der Waals surface area (Å²) in [5.41, 5.74) is 1.91. The highest BCUT2D eigenvalue weighted by Crippen LogP contribution is 2.38. The maximum Gasteiger partial charge on any atom is 0.161 e. The van der Waals surface area contributed by atoms with Crippen LogP contribution in [0.4, 0.5) is 0 Å². The van der Waals surface area contributed by atoms with E-state index in [0.29, 0.717) is 17.9 Å². The summed E-state index contributed by atoms with van der Waals surface area (Å²) in [5, 5.41) is 13.9. The zero-order chi connectivity index (χ0) is 20.7. The third-order valence-corrected chi connectivity index (χ3v) is 4.39. The molecule has 4 heteroatoms. The molecule has 0 amide bonds. The summed E-state index contributed by atoms with van der Waals surface area (Å²) in [6, 6.07) is 11.4. The summed E-state index contributed by atoms with van der Waals surface area (Å²) in [7, 11) is 3.23. The summed E-state index contributed by atoms with van der Waals surface area (Å²) < 4.78 is 10.9. The fraction of sp³-hybridized carbons (Fsp3) is 0.208. The molecular weight excluding hydrogens is 350 g/mol. The molecule has 0 fully saturated rings. The van der Waals surface area contributed by atoms with Crippen LogP contribution in [0, 0.1) is 0 Å². The number of hydrogen-bond acceptors (Lipinski definition) is 4. The van der Waals surface area contributed by atoms with Crippen LogP contribution in [0.25, 0.3) is 21.5 Å². The van der Waals surface area contributed by atoms with Crippen LogP contribution in [0.2, 0.25) is 0 Å². The van der Waals surface area contributed by atoms with Crippen molar-refractivity contribution in [3.8, 4) is 17.2 Å². The highest BCUT2D eigenvalue weighted by molar-refractivity contribution is 6.12. The minimum absolute atomic E-state index is 0.223. The Hall–Kier alpha value is -3.27. The molecule has 0 spiro atoms. The number of rotatable bonds is 6. The second-order valence-electron chi connectivity index (χ2n) is 5.88. The van der Waals surface area contributed by atoms with Crippen LogP contribution in [0.3, 0.4) is 0 Å². The van der Waals surface area contributed by atoms with Crippen molar-refractivity contribution in [3.63, 3.8) is 0 Å². The van der Waals surface area contributed by atoms with Crippen molar-refractivity contribution in [3.05, 3.63) is 67.4 Å². The second kappa shape index (κ2) is 9.60. The standard InChI is InChI=1S/C22H21NO3.C2H6/c1-5-16(23-6-2)10-15-9-14-7-8-17(24)11-18(14)20-13-22(26-4)21(25-3)12-19(15)20;1-2/h5-9,11-13,24H,1-2,10H2,3-4H3;1-2H3. The zero-order valence-corrected chi connectivity index (χ0v) is 17.0. The summed E-state index contributed by atoms with van der Waals surface area (Å²) in [5.74, 6) is 1.52. The summed E-state index contributed by atoms with van der Waals surface area (Å²) in [6.07, 6.45) is 3.86. The molecule has 28 heavy (non-hydrogen) atoms. The average molecular weight is 377 g/mol. The number of allylic oxidation sites excluding steroid dienone is 1. The first-order chi connectivity index (χ1) is 13.6. The summed E-state index contributed by atoms with van der Waals surface area (Å²) in [6.45, 7) is 11.5. The van der Waals surface area contributed by atoms with Crippen molar-refractivity contribution in [1.29, 1.82) is 0 Å². The van der Waals surface area contributed by atoms with E-state index in [2.05, 4.69) is 24.2 Å². The lowest BCUT2D eigenvalue weighted by molar-refractivity contribution is 0.356. The van der Waals surface area contributed by atoms with Gasteiger partial charge in [-0.05, 0) is 57.4 Å². The molecule has 0 radical (unpaired) electrons. The highest BCUT2D eigenvalue weighted by atomic mass is 16.5. The molecule has 0 aliphatic rings. The number of benzene rings is 3. The van der Waals surface area contributed by atoms with E-state index < -0.39 is 0 Å². The quantitative estimate of drug-likeness (QED) is 0.420. The molecule has 0 aliphatic heterocycles. The smallest absolute Gasteiger partial charge is 0.161 e. The lowest BCUT2D eigenvalue weighted by Crippen LogP contribution is -2.01. The van der Waals surface area contributed by atoms with Gasteiger partial charge >= 0.3 is 0 Å². The van der Waals surface area contributed by atoms with Crippen LogP contribution < -0.4 is 9.47 Å². The SMILES string of the molecule is C=CN=C(C=C)Cc1cc2ccc(O)cc2c2cc(OC)c(OC)cc12.CC. The second-order valence-corrected chi connectivity index (χ2v) is 5.88. The number of nitrogens with zero attached hydrogens (tertiary/aromatic N) is 1. The molecule has 3 aromatic rings. The number of methoxy groups -OCH3 is 2. The first-order valence-corrected chi connectivity index (χ1v) is 9.21. The normalized spacial score (nSPS) is 10.9. The number of phenolic OH excluding ortho intramolecular Hbond substituents is 1. The Labute approximate surface area is 166 Å². The third-order valence-electron chi connectivity index (χ3n) is 4.39. The third kappa shape index (κ3) is 4.17. The number of fused-ring (bicyclic) bond motifs is 3. The van der Waals surface area contributed by atoms with Crippen LogP contribution in [-0.2, 0) is 6.42 Å². The lowest BCUT2D eigenvalue weighted by Gasteiger charge is -2.15. The maximum atomic E-state index is 9.94. The van der Waals surface area contributed by atoms with E-state index >= 15 is 0 Å². The van der Waals surface area contributed by atoms with Crippen LogP contribution in [0.5, 0.6) is 17.2 Å². The van der Waals surface area contributed by atoms with Crippen molar-refractivity contribution >= 4 is 27.3 Å². The number of phenols is 1. The number of ether oxygens (including phenoxy) is 2. The molecule has 3 rings (SSSR count).